The second kappa shape index (κ2) is 5.54. The van der Waals surface area contributed by atoms with Crippen LogP contribution in [0.5, 0.6) is 0 Å². The van der Waals surface area contributed by atoms with Crippen molar-refractivity contribution in [2.24, 2.45) is 11.8 Å². The number of nitrogens with zero attached hydrogens (tertiary/aromatic N) is 1. The van der Waals surface area contributed by atoms with Crippen LogP contribution in [0.1, 0.15) is 19.8 Å². The average Bonchev–Trinajstić information content (AvgIpc) is 3.02. The third kappa shape index (κ3) is 2.58. The fourth-order valence-electron chi connectivity index (χ4n) is 3.52. The van der Waals surface area contributed by atoms with Crippen molar-refractivity contribution in [1.29, 1.82) is 0 Å². The molecule has 4 nitrogen and oxygen atoms in total. The minimum absolute atomic E-state index is 0.0330. The number of para-hydroxylation sites is 1. The van der Waals surface area contributed by atoms with Crippen molar-refractivity contribution >= 4 is 11.6 Å². The lowest BCUT2D eigenvalue weighted by atomic mass is 10.00. The number of anilines is 1. The Morgan fingerprint density at radius 2 is 2.05 bits per heavy atom. The van der Waals surface area contributed by atoms with E-state index in [1.165, 1.54) is 0 Å². The van der Waals surface area contributed by atoms with Gasteiger partial charge in [-0.15, -0.1) is 0 Å². The van der Waals surface area contributed by atoms with Crippen LogP contribution in [0.25, 0.3) is 0 Å². The molecule has 4 heteroatoms. The molecule has 2 N–H and O–H groups in total. The van der Waals surface area contributed by atoms with Gasteiger partial charge in [0, 0.05) is 24.7 Å². The highest BCUT2D eigenvalue weighted by Crippen LogP contribution is 2.38. The Morgan fingerprint density at radius 3 is 2.75 bits per heavy atom. The summed E-state index contributed by atoms with van der Waals surface area (Å²) in [7, 11) is 0. The van der Waals surface area contributed by atoms with E-state index in [1.54, 1.807) is 0 Å². The summed E-state index contributed by atoms with van der Waals surface area (Å²) in [5.74, 6) is 0.963. The van der Waals surface area contributed by atoms with E-state index in [1.807, 2.05) is 37.3 Å². The number of hydrogen-bond acceptors (Lipinski definition) is 3. The van der Waals surface area contributed by atoms with Crippen molar-refractivity contribution in [3.8, 4) is 0 Å². The molecule has 3 rings (SSSR count). The standard InChI is InChI=1S/C16H22N2O2/c1-11(16(20)17-13-5-3-2-4-6-13)18-9-12-7-8-15(19)14(12)10-18/h2-6,11-12,14-15,19H,7-10H2,1H3,(H,17,20). The summed E-state index contributed by atoms with van der Waals surface area (Å²) in [6, 6.07) is 9.41. The molecule has 20 heavy (non-hydrogen) atoms. The van der Waals surface area contributed by atoms with Crippen LogP contribution in [-0.4, -0.2) is 41.1 Å². The van der Waals surface area contributed by atoms with Crippen LogP contribution in [0, 0.1) is 11.8 Å². The van der Waals surface area contributed by atoms with Gasteiger partial charge in [-0.25, -0.2) is 0 Å². The third-order valence-corrected chi connectivity index (χ3v) is 4.82. The second-order valence-electron chi connectivity index (χ2n) is 6.05. The molecule has 2 aliphatic rings. The first kappa shape index (κ1) is 13.6. The fraction of sp³-hybridized carbons (Fsp3) is 0.562. The zero-order valence-corrected chi connectivity index (χ0v) is 11.8. The molecule has 0 aromatic heterocycles. The van der Waals surface area contributed by atoms with Crippen LogP contribution in [0.15, 0.2) is 30.3 Å². The minimum atomic E-state index is -0.172. The van der Waals surface area contributed by atoms with E-state index in [9.17, 15) is 9.90 Å². The van der Waals surface area contributed by atoms with Gasteiger partial charge in [-0.1, -0.05) is 18.2 Å². The molecule has 0 spiro atoms. The number of hydrogen-bond donors (Lipinski definition) is 2. The van der Waals surface area contributed by atoms with E-state index in [-0.39, 0.29) is 18.1 Å². The van der Waals surface area contributed by atoms with Crippen LogP contribution in [0.4, 0.5) is 5.69 Å². The summed E-state index contributed by atoms with van der Waals surface area (Å²) in [6.07, 6.45) is 1.85. The molecular weight excluding hydrogens is 252 g/mol. The summed E-state index contributed by atoms with van der Waals surface area (Å²) in [5, 5.41) is 12.9. The fourth-order valence-corrected chi connectivity index (χ4v) is 3.52. The lowest BCUT2D eigenvalue weighted by molar-refractivity contribution is -0.120. The number of carbonyl (C=O) groups is 1. The lowest BCUT2D eigenvalue weighted by Crippen LogP contribution is -2.41. The predicted molar refractivity (Wildman–Crippen MR) is 78.3 cm³/mol. The predicted octanol–water partition coefficient (Wildman–Crippen LogP) is 1.72. The number of aliphatic hydroxyl groups is 1. The maximum atomic E-state index is 12.3. The van der Waals surface area contributed by atoms with Crippen molar-refractivity contribution < 1.29 is 9.90 Å². The molecule has 1 aliphatic heterocycles. The topological polar surface area (TPSA) is 52.6 Å². The van der Waals surface area contributed by atoms with E-state index in [0.29, 0.717) is 11.8 Å². The Labute approximate surface area is 119 Å². The molecule has 1 aliphatic carbocycles. The van der Waals surface area contributed by atoms with Crippen molar-refractivity contribution in [2.75, 3.05) is 18.4 Å². The summed E-state index contributed by atoms with van der Waals surface area (Å²) >= 11 is 0. The molecule has 4 unspecified atom stereocenters. The highest BCUT2D eigenvalue weighted by molar-refractivity contribution is 5.94. The summed E-state index contributed by atoms with van der Waals surface area (Å²) in [4.78, 5) is 14.5. The number of likely N-dealkylation sites (tertiary alicyclic amines) is 1. The van der Waals surface area contributed by atoms with Gasteiger partial charge in [0.2, 0.25) is 5.91 Å². The van der Waals surface area contributed by atoms with Crippen molar-refractivity contribution in [2.45, 2.75) is 31.9 Å². The Balaban J connectivity index is 1.59. The summed E-state index contributed by atoms with van der Waals surface area (Å²) in [5.41, 5.74) is 0.837. The van der Waals surface area contributed by atoms with E-state index in [2.05, 4.69) is 10.2 Å². The molecule has 108 valence electrons. The number of nitrogens with one attached hydrogen (secondary N) is 1. The van der Waals surface area contributed by atoms with Crippen LogP contribution < -0.4 is 5.32 Å². The maximum absolute atomic E-state index is 12.3. The molecule has 0 bridgehead atoms. The zero-order valence-electron chi connectivity index (χ0n) is 11.8. The number of benzene rings is 1. The Hall–Kier alpha value is -1.39. The van der Waals surface area contributed by atoms with Crippen LogP contribution in [0.2, 0.25) is 0 Å². The number of aliphatic hydroxyl groups excluding tert-OH is 1. The van der Waals surface area contributed by atoms with E-state index >= 15 is 0 Å². The second-order valence-corrected chi connectivity index (χ2v) is 6.05. The SMILES string of the molecule is CC(C(=O)Nc1ccccc1)N1CC2CCC(O)C2C1. The first-order valence-corrected chi connectivity index (χ1v) is 7.43. The van der Waals surface area contributed by atoms with Gasteiger partial charge in [-0.2, -0.15) is 0 Å². The molecule has 0 radical (unpaired) electrons. The molecule has 4 atom stereocenters. The largest absolute Gasteiger partial charge is 0.393 e. The van der Waals surface area contributed by atoms with Gasteiger partial charge in [-0.3, -0.25) is 9.69 Å². The van der Waals surface area contributed by atoms with Gasteiger partial charge >= 0.3 is 0 Å². The van der Waals surface area contributed by atoms with Crippen LogP contribution >= 0.6 is 0 Å². The molecule has 1 amide bonds. The minimum Gasteiger partial charge on any atom is -0.393 e. The number of rotatable bonds is 3. The van der Waals surface area contributed by atoms with Gasteiger partial charge in [-0.05, 0) is 37.8 Å². The third-order valence-electron chi connectivity index (χ3n) is 4.82. The average molecular weight is 274 g/mol. The molecule has 1 aromatic rings. The maximum Gasteiger partial charge on any atom is 0.241 e. The normalized spacial score (nSPS) is 31.0. The number of amides is 1. The quantitative estimate of drug-likeness (QED) is 0.882. The first-order valence-electron chi connectivity index (χ1n) is 7.43. The summed E-state index contributed by atoms with van der Waals surface area (Å²) < 4.78 is 0. The van der Waals surface area contributed by atoms with Gasteiger partial charge in [0.25, 0.3) is 0 Å². The molecular formula is C16H22N2O2. The molecule has 2 fully saturated rings. The van der Waals surface area contributed by atoms with Crippen molar-refractivity contribution in [1.82, 2.24) is 4.90 Å². The van der Waals surface area contributed by atoms with Gasteiger partial charge in [0.15, 0.2) is 0 Å². The van der Waals surface area contributed by atoms with Crippen LogP contribution in [-0.2, 0) is 4.79 Å². The van der Waals surface area contributed by atoms with E-state index < -0.39 is 0 Å². The van der Waals surface area contributed by atoms with Gasteiger partial charge < -0.3 is 10.4 Å². The highest BCUT2D eigenvalue weighted by atomic mass is 16.3. The number of fused-ring (bicyclic) bond motifs is 1. The Kier molecular flexibility index (Phi) is 3.76. The van der Waals surface area contributed by atoms with Crippen LogP contribution in [0.3, 0.4) is 0 Å². The van der Waals surface area contributed by atoms with Gasteiger partial charge in [0.1, 0.15) is 0 Å². The first-order chi connectivity index (χ1) is 9.65. The lowest BCUT2D eigenvalue weighted by Gasteiger charge is -2.24. The van der Waals surface area contributed by atoms with Crippen molar-refractivity contribution in [3.05, 3.63) is 30.3 Å². The molecule has 1 saturated carbocycles. The molecule has 1 heterocycles. The van der Waals surface area contributed by atoms with Crippen molar-refractivity contribution in [3.63, 3.8) is 0 Å². The Bertz CT molecular complexity index is 477. The number of carbonyl (C=O) groups excluding carboxylic acids is 1. The van der Waals surface area contributed by atoms with Gasteiger partial charge in [0.05, 0.1) is 12.1 Å². The molecule has 1 saturated heterocycles. The Morgan fingerprint density at radius 1 is 1.30 bits per heavy atom. The molecule has 1 aromatic carbocycles. The monoisotopic (exact) mass is 274 g/mol. The zero-order chi connectivity index (χ0) is 14.1. The highest BCUT2D eigenvalue weighted by Gasteiger charge is 2.43. The van der Waals surface area contributed by atoms with E-state index in [0.717, 1.165) is 31.6 Å². The summed E-state index contributed by atoms with van der Waals surface area (Å²) in [6.45, 7) is 3.73. The smallest absolute Gasteiger partial charge is 0.241 e. The van der Waals surface area contributed by atoms with E-state index in [4.69, 9.17) is 0 Å².